The maximum absolute atomic E-state index is 12.7. The monoisotopic (exact) mass is 430 g/mol. The number of carbonyl (C=O) groups excluding carboxylic acids is 2. The molecule has 1 fully saturated rings. The Morgan fingerprint density at radius 1 is 1.13 bits per heavy atom. The molecule has 160 valence electrons. The molecule has 30 heavy (non-hydrogen) atoms. The van der Waals surface area contributed by atoms with Gasteiger partial charge in [-0.3, -0.25) is 9.52 Å². The van der Waals surface area contributed by atoms with Crippen LogP contribution in [-0.4, -0.2) is 32.9 Å². The largest absolute Gasteiger partial charge is 0.452 e. The number of anilines is 1. The third-order valence-corrected chi connectivity index (χ3v) is 6.44. The molecule has 1 unspecified atom stereocenters. The third-order valence-electron chi connectivity index (χ3n) is 5.06. The number of nitrogens with one attached hydrogen (secondary N) is 2. The van der Waals surface area contributed by atoms with Gasteiger partial charge in [-0.1, -0.05) is 18.2 Å². The number of esters is 1. The number of benzene rings is 2. The molecule has 0 radical (unpaired) electrons. The van der Waals surface area contributed by atoms with Crippen LogP contribution < -0.4 is 10.0 Å². The van der Waals surface area contributed by atoms with Crippen LogP contribution in [0.5, 0.6) is 0 Å². The van der Waals surface area contributed by atoms with Crippen molar-refractivity contribution in [1.82, 2.24) is 5.32 Å². The van der Waals surface area contributed by atoms with Crippen LogP contribution in [0.4, 0.5) is 5.69 Å². The fraction of sp³-hybridized carbons (Fsp3) is 0.364. The summed E-state index contributed by atoms with van der Waals surface area (Å²) in [6.45, 7) is 5.06. The van der Waals surface area contributed by atoms with Gasteiger partial charge < -0.3 is 10.1 Å². The molecule has 8 heteroatoms. The van der Waals surface area contributed by atoms with Crippen molar-refractivity contribution in [2.45, 2.75) is 44.6 Å². The summed E-state index contributed by atoms with van der Waals surface area (Å²) >= 11 is 0. The highest BCUT2D eigenvalue weighted by Gasteiger charge is 2.29. The van der Waals surface area contributed by atoms with Crippen molar-refractivity contribution >= 4 is 27.6 Å². The van der Waals surface area contributed by atoms with Gasteiger partial charge in [0, 0.05) is 11.7 Å². The van der Waals surface area contributed by atoms with Crippen LogP contribution >= 0.6 is 0 Å². The molecule has 2 aromatic carbocycles. The molecule has 0 saturated heterocycles. The zero-order valence-electron chi connectivity index (χ0n) is 17.3. The zero-order chi connectivity index (χ0) is 21.9. The summed E-state index contributed by atoms with van der Waals surface area (Å²) in [7, 11) is -3.89. The average Bonchev–Trinajstić information content (AvgIpc) is 3.51. The normalized spacial score (nSPS) is 14.6. The molecule has 2 aromatic rings. The molecule has 1 saturated carbocycles. The van der Waals surface area contributed by atoms with E-state index in [4.69, 9.17) is 4.74 Å². The number of ether oxygens (including phenoxy) is 1. The van der Waals surface area contributed by atoms with Crippen molar-refractivity contribution in [3.05, 3.63) is 59.2 Å². The van der Waals surface area contributed by atoms with Crippen molar-refractivity contribution in [3.63, 3.8) is 0 Å². The molecule has 0 spiro atoms. The summed E-state index contributed by atoms with van der Waals surface area (Å²) in [6, 6.07) is 11.3. The first kappa shape index (κ1) is 21.8. The van der Waals surface area contributed by atoms with E-state index in [1.165, 1.54) is 18.2 Å². The standard InChI is InChI=1S/C22H26N2O5S/c1-14-5-4-6-18(11-14)24-30(27,28)19-10-7-15(2)20(12-19)22(26)29-13-21(25)23-16(3)17-8-9-17/h4-7,10-12,16-17,24H,8-9,13H2,1-3H3,(H,23,25). The van der Waals surface area contributed by atoms with Gasteiger partial charge in [0.2, 0.25) is 0 Å². The molecule has 0 heterocycles. The fourth-order valence-electron chi connectivity index (χ4n) is 3.13. The van der Waals surface area contributed by atoms with Crippen LogP contribution in [0.15, 0.2) is 47.4 Å². The number of amides is 1. The topological polar surface area (TPSA) is 102 Å². The SMILES string of the molecule is Cc1cccc(NS(=O)(=O)c2ccc(C)c(C(=O)OCC(=O)NC(C)C3CC3)c2)c1. The van der Waals surface area contributed by atoms with E-state index in [0.717, 1.165) is 18.4 Å². The average molecular weight is 431 g/mol. The third kappa shape index (κ3) is 5.60. The first-order chi connectivity index (χ1) is 14.2. The lowest BCUT2D eigenvalue weighted by atomic mass is 10.1. The minimum atomic E-state index is -3.89. The Morgan fingerprint density at radius 2 is 1.87 bits per heavy atom. The Bertz CT molecular complexity index is 1060. The van der Waals surface area contributed by atoms with Gasteiger partial charge in [-0.2, -0.15) is 0 Å². The second-order valence-corrected chi connectivity index (χ2v) is 9.40. The van der Waals surface area contributed by atoms with E-state index < -0.39 is 22.6 Å². The lowest BCUT2D eigenvalue weighted by Gasteiger charge is -2.14. The minimum Gasteiger partial charge on any atom is -0.452 e. The molecule has 3 rings (SSSR count). The van der Waals surface area contributed by atoms with Crippen molar-refractivity contribution < 1.29 is 22.7 Å². The maximum Gasteiger partial charge on any atom is 0.338 e. The second kappa shape index (κ2) is 8.87. The predicted octanol–water partition coefficient (Wildman–Crippen LogP) is 3.18. The summed E-state index contributed by atoms with van der Waals surface area (Å²) in [5.74, 6) is -0.616. The molecule has 0 aliphatic heterocycles. The number of sulfonamides is 1. The summed E-state index contributed by atoms with van der Waals surface area (Å²) in [6.07, 6.45) is 2.19. The molecule has 2 N–H and O–H groups in total. The van der Waals surface area contributed by atoms with E-state index in [1.807, 2.05) is 19.9 Å². The van der Waals surface area contributed by atoms with Gasteiger partial charge in [-0.15, -0.1) is 0 Å². The number of hydrogen-bond acceptors (Lipinski definition) is 5. The van der Waals surface area contributed by atoms with Crippen LogP contribution in [-0.2, 0) is 19.6 Å². The van der Waals surface area contributed by atoms with E-state index in [9.17, 15) is 18.0 Å². The maximum atomic E-state index is 12.7. The van der Waals surface area contributed by atoms with E-state index >= 15 is 0 Å². The van der Waals surface area contributed by atoms with Crippen molar-refractivity contribution in [2.75, 3.05) is 11.3 Å². The molecule has 0 bridgehead atoms. The molecule has 1 aliphatic rings. The molecular weight excluding hydrogens is 404 g/mol. The van der Waals surface area contributed by atoms with Crippen molar-refractivity contribution in [1.29, 1.82) is 0 Å². The smallest absolute Gasteiger partial charge is 0.338 e. The van der Waals surface area contributed by atoms with Crippen LogP contribution in [0.1, 0.15) is 41.3 Å². The molecule has 0 aromatic heterocycles. The van der Waals surface area contributed by atoms with Gasteiger partial charge in [-0.05, 0) is 74.9 Å². The summed E-state index contributed by atoms with van der Waals surface area (Å²) in [5, 5.41) is 2.81. The van der Waals surface area contributed by atoms with Crippen molar-refractivity contribution in [2.24, 2.45) is 5.92 Å². The van der Waals surface area contributed by atoms with Crippen LogP contribution in [0.2, 0.25) is 0 Å². The van der Waals surface area contributed by atoms with Crippen molar-refractivity contribution in [3.8, 4) is 0 Å². The molecule has 1 atom stereocenters. The van der Waals surface area contributed by atoms with Gasteiger partial charge >= 0.3 is 5.97 Å². The van der Waals surface area contributed by atoms with Gasteiger partial charge in [0.25, 0.3) is 15.9 Å². The minimum absolute atomic E-state index is 0.0547. The molecule has 1 amide bonds. The number of rotatable bonds is 8. The van der Waals surface area contributed by atoms with Crippen LogP contribution in [0.3, 0.4) is 0 Å². The summed E-state index contributed by atoms with van der Waals surface area (Å²) in [4.78, 5) is 24.4. The highest BCUT2D eigenvalue weighted by atomic mass is 32.2. The Morgan fingerprint density at radius 3 is 2.53 bits per heavy atom. The number of aryl methyl sites for hydroxylation is 2. The van der Waals surface area contributed by atoms with Crippen LogP contribution in [0.25, 0.3) is 0 Å². The quantitative estimate of drug-likeness (QED) is 0.627. The summed E-state index contributed by atoms with van der Waals surface area (Å²) in [5.41, 5.74) is 2.00. The Kier molecular flexibility index (Phi) is 6.45. The van der Waals surface area contributed by atoms with Crippen LogP contribution in [0, 0.1) is 19.8 Å². The predicted molar refractivity (Wildman–Crippen MR) is 114 cm³/mol. The second-order valence-electron chi connectivity index (χ2n) is 7.72. The Labute approximate surface area is 176 Å². The van der Waals surface area contributed by atoms with E-state index in [-0.39, 0.29) is 22.4 Å². The van der Waals surface area contributed by atoms with E-state index in [2.05, 4.69) is 10.0 Å². The molecule has 1 aliphatic carbocycles. The Hall–Kier alpha value is -2.87. The van der Waals surface area contributed by atoms with Gasteiger partial charge in [-0.25, -0.2) is 13.2 Å². The lowest BCUT2D eigenvalue weighted by Crippen LogP contribution is -2.37. The first-order valence-electron chi connectivity index (χ1n) is 9.82. The van der Waals surface area contributed by atoms with E-state index in [0.29, 0.717) is 17.2 Å². The highest BCUT2D eigenvalue weighted by molar-refractivity contribution is 7.92. The van der Waals surface area contributed by atoms with Gasteiger partial charge in [0.1, 0.15) is 0 Å². The Balaban J connectivity index is 1.69. The zero-order valence-corrected chi connectivity index (χ0v) is 18.1. The number of carbonyl (C=O) groups is 2. The van der Waals surface area contributed by atoms with Gasteiger partial charge in [0.05, 0.1) is 10.5 Å². The van der Waals surface area contributed by atoms with E-state index in [1.54, 1.807) is 25.1 Å². The highest BCUT2D eigenvalue weighted by Crippen LogP contribution is 2.32. The summed E-state index contributed by atoms with van der Waals surface area (Å²) < 4.78 is 33.1. The first-order valence-corrected chi connectivity index (χ1v) is 11.3. The number of hydrogen-bond donors (Lipinski definition) is 2. The molecular formula is C22H26N2O5S. The van der Waals surface area contributed by atoms with Gasteiger partial charge in [0.15, 0.2) is 6.61 Å². The molecule has 7 nitrogen and oxygen atoms in total. The fourth-order valence-corrected chi connectivity index (χ4v) is 4.20. The lowest BCUT2D eigenvalue weighted by molar-refractivity contribution is -0.125.